The van der Waals surface area contributed by atoms with Crippen LogP contribution in [-0.2, 0) is 6.18 Å². The Labute approximate surface area is 129 Å². The van der Waals surface area contributed by atoms with Crippen LogP contribution >= 0.6 is 15.9 Å². The van der Waals surface area contributed by atoms with E-state index in [0.717, 1.165) is 6.07 Å². The van der Waals surface area contributed by atoms with E-state index in [9.17, 15) is 18.0 Å². The van der Waals surface area contributed by atoms with Crippen LogP contribution in [0.2, 0.25) is 0 Å². The molecule has 21 heavy (non-hydrogen) atoms. The first-order valence-electron chi connectivity index (χ1n) is 6.62. The van der Waals surface area contributed by atoms with E-state index in [2.05, 4.69) is 21.2 Å². The number of hydrogen-bond donors (Lipinski definition) is 1. The molecular formula is C14H16BrF3N2O. The van der Waals surface area contributed by atoms with E-state index in [-0.39, 0.29) is 28.0 Å². The lowest BCUT2D eigenvalue weighted by Crippen LogP contribution is -2.57. The van der Waals surface area contributed by atoms with Crippen molar-refractivity contribution < 1.29 is 18.0 Å². The Morgan fingerprint density at radius 3 is 2.38 bits per heavy atom. The highest BCUT2D eigenvalue weighted by molar-refractivity contribution is 9.10. The fourth-order valence-electron chi connectivity index (χ4n) is 2.56. The minimum absolute atomic E-state index is 0.0563. The van der Waals surface area contributed by atoms with Crippen molar-refractivity contribution in [2.45, 2.75) is 32.1 Å². The van der Waals surface area contributed by atoms with E-state index in [1.165, 1.54) is 12.1 Å². The summed E-state index contributed by atoms with van der Waals surface area (Å²) in [7, 11) is 0. The summed E-state index contributed by atoms with van der Waals surface area (Å²) in [6, 6.07) is 3.49. The van der Waals surface area contributed by atoms with E-state index in [1.54, 1.807) is 4.90 Å². The number of amides is 1. The van der Waals surface area contributed by atoms with E-state index in [4.69, 9.17) is 0 Å². The lowest BCUT2D eigenvalue weighted by Gasteiger charge is -2.39. The zero-order chi connectivity index (χ0) is 15.8. The molecule has 0 saturated carbocycles. The maximum atomic E-state index is 12.9. The first-order chi connectivity index (χ1) is 9.71. The average Bonchev–Trinajstić information content (AvgIpc) is 2.37. The molecule has 0 bridgehead atoms. The zero-order valence-electron chi connectivity index (χ0n) is 11.7. The van der Waals surface area contributed by atoms with Gasteiger partial charge in [-0.3, -0.25) is 4.79 Å². The van der Waals surface area contributed by atoms with Crippen molar-refractivity contribution in [2.75, 3.05) is 13.1 Å². The minimum atomic E-state index is -4.49. The summed E-state index contributed by atoms with van der Waals surface area (Å²) in [5.41, 5.74) is -0.769. The SMILES string of the molecule is CC1CNCC(C)N1C(=O)c1ccc(Br)c(C(F)(F)F)c1. The minimum Gasteiger partial charge on any atom is -0.331 e. The zero-order valence-corrected chi connectivity index (χ0v) is 13.3. The molecule has 1 fully saturated rings. The summed E-state index contributed by atoms with van der Waals surface area (Å²) in [5, 5.41) is 3.18. The third-order valence-electron chi connectivity index (χ3n) is 3.58. The molecule has 1 aliphatic rings. The van der Waals surface area contributed by atoms with Gasteiger partial charge in [0.25, 0.3) is 5.91 Å². The van der Waals surface area contributed by atoms with Crippen molar-refractivity contribution in [1.29, 1.82) is 0 Å². The summed E-state index contributed by atoms with van der Waals surface area (Å²) in [5.74, 6) is -0.366. The third kappa shape index (κ3) is 3.40. The molecule has 0 aliphatic carbocycles. The maximum absolute atomic E-state index is 12.9. The molecule has 0 spiro atoms. The van der Waals surface area contributed by atoms with Crippen LogP contribution in [0.5, 0.6) is 0 Å². The first kappa shape index (κ1) is 16.3. The third-order valence-corrected chi connectivity index (χ3v) is 4.27. The van der Waals surface area contributed by atoms with Crippen molar-refractivity contribution >= 4 is 21.8 Å². The van der Waals surface area contributed by atoms with Gasteiger partial charge in [-0.05, 0) is 32.0 Å². The Hall–Kier alpha value is -1.08. The molecule has 1 aromatic rings. The number of piperazine rings is 1. The molecule has 1 aliphatic heterocycles. The second-order valence-electron chi connectivity index (χ2n) is 5.26. The van der Waals surface area contributed by atoms with Crippen molar-refractivity contribution in [3.05, 3.63) is 33.8 Å². The van der Waals surface area contributed by atoms with Gasteiger partial charge in [-0.2, -0.15) is 13.2 Å². The van der Waals surface area contributed by atoms with Gasteiger partial charge in [0.2, 0.25) is 0 Å². The van der Waals surface area contributed by atoms with Crippen LogP contribution in [0.4, 0.5) is 13.2 Å². The Morgan fingerprint density at radius 2 is 1.86 bits per heavy atom. The number of carbonyl (C=O) groups is 1. The highest BCUT2D eigenvalue weighted by atomic mass is 79.9. The number of alkyl halides is 3. The highest BCUT2D eigenvalue weighted by Crippen LogP contribution is 2.35. The van der Waals surface area contributed by atoms with Crippen LogP contribution < -0.4 is 5.32 Å². The molecule has 0 aromatic heterocycles. The summed E-state index contributed by atoms with van der Waals surface area (Å²) in [4.78, 5) is 14.2. The molecule has 2 rings (SSSR count). The summed E-state index contributed by atoms with van der Waals surface area (Å²) in [6.07, 6.45) is -4.49. The Kier molecular flexibility index (Phi) is 4.63. The molecule has 2 unspecified atom stereocenters. The highest BCUT2D eigenvalue weighted by Gasteiger charge is 2.35. The van der Waals surface area contributed by atoms with Gasteiger partial charge in [0.15, 0.2) is 0 Å². The molecule has 7 heteroatoms. The molecule has 1 aromatic carbocycles. The van der Waals surface area contributed by atoms with Crippen LogP contribution in [0.3, 0.4) is 0 Å². The smallest absolute Gasteiger partial charge is 0.331 e. The van der Waals surface area contributed by atoms with Crippen LogP contribution in [0.15, 0.2) is 22.7 Å². The normalized spacial score (nSPS) is 23.2. The molecule has 116 valence electrons. The predicted octanol–water partition coefficient (Wildman–Crippen LogP) is 3.29. The van der Waals surface area contributed by atoms with E-state index in [0.29, 0.717) is 13.1 Å². The number of rotatable bonds is 1. The number of benzene rings is 1. The van der Waals surface area contributed by atoms with Crippen LogP contribution in [0, 0.1) is 0 Å². The van der Waals surface area contributed by atoms with Gasteiger partial charge in [0.1, 0.15) is 0 Å². The van der Waals surface area contributed by atoms with E-state index >= 15 is 0 Å². The largest absolute Gasteiger partial charge is 0.417 e. The average molecular weight is 365 g/mol. The Balaban J connectivity index is 2.35. The second kappa shape index (κ2) is 5.96. The summed E-state index contributed by atoms with van der Waals surface area (Å²) in [6.45, 7) is 5.03. The van der Waals surface area contributed by atoms with Crippen LogP contribution in [0.1, 0.15) is 29.8 Å². The Bertz CT molecular complexity index is 538. The summed E-state index contributed by atoms with van der Waals surface area (Å²) < 4.78 is 38.7. The van der Waals surface area contributed by atoms with Crippen molar-refractivity contribution in [3.8, 4) is 0 Å². The molecule has 2 atom stereocenters. The predicted molar refractivity (Wildman–Crippen MR) is 77.1 cm³/mol. The van der Waals surface area contributed by atoms with Gasteiger partial charge >= 0.3 is 6.18 Å². The van der Waals surface area contributed by atoms with Crippen molar-refractivity contribution in [1.82, 2.24) is 10.2 Å². The lowest BCUT2D eigenvalue weighted by atomic mass is 10.0. The van der Waals surface area contributed by atoms with Crippen molar-refractivity contribution in [2.24, 2.45) is 0 Å². The first-order valence-corrected chi connectivity index (χ1v) is 7.41. The number of hydrogen-bond acceptors (Lipinski definition) is 2. The Morgan fingerprint density at radius 1 is 1.29 bits per heavy atom. The van der Waals surface area contributed by atoms with Gasteiger partial charge in [-0.25, -0.2) is 0 Å². The molecule has 1 saturated heterocycles. The van der Waals surface area contributed by atoms with Gasteiger partial charge in [0, 0.05) is 35.2 Å². The van der Waals surface area contributed by atoms with Gasteiger partial charge in [0.05, 0.1) is 5.56 Å². The molecule has 1 amide bonds. The van der Waals surface area contributed by atoms with Gasteiger partial charge < -0.3 is 10.2 Å². The number of halogens is 4. The molecular weight excluding hydrogens is 349 g/mol. The fourth-order valence-corrected chi connectivity index (χ4v) is 3.03. The maximum Gasteiger partial charge on any atom is 0.417 e. The molecule has 0 radical (unpaired) electrons. The molecule has 1 heterocycles. The van der Waals surface area contributed by atoms with Crippen LogP contribution in [0.25, 0.3) is 0 Å². The number of carbonyl (C=O) groups excluding carboxylic acids is 1. The molecule has 1 N–H and O–H groups in total. The summed E-state index contributed by atoms with van der Waals surface area (Å²) >= 11 is 2.88. The van der Waals surface area contributed by atoms with Gasteiger partial charge in [-0.1, -0.05) is 15.9 Å². The van der Waals surface area contributed by atoms with Crippen molar-refractivity contribution in [3.63, 3.8) is 0 Å². The standard InChI is InChI=1S/C14H16BrF3N2O/c1-8-6-19-7-9(2)20(8)13(21)10-3-4-12(15)11(5-10)14(16,17)18/h3-5,8-9,19H,6-7H2,1-2H3. The monoisotopic (exact) mass is 364 g/mol. The van der Waals surface area contributed by atoms with E-state index in [1.807, 2.05) is 13.8 Å². The van der Waals surface area contributed by atoms with Gasteiger partial charge in [-0.15, -0.1) is 0 Å². The number of nitrogens with zero attached hydrogens (tertiary/aromatic N) is 1. The quantitative estimate of drug-likeness (QED) is 0.829. The topological polar surface area (TPSA) is 32.3 Å². The van der Waals surface area contributed by atoms with Crippen LogP contribution in [-0.4, -0.2) is 36.0 Å². The number of nitrogens with one attached hydrogen (secondary N) is 1. The molecule has 3 nitrogen and oxygen atoms in total. The fraction of sp³-hybridized carbons (Fsp3) is 0.500. The lowest BCUT2D eigenvalue weighted by molar-refractivity contribution is -0.138. The van der Waals surface area contributed by atoms with E-state index < -0.39 is 11.7 Å². The second-order valence-corrected chi connectivity index (χ2v) is 6.12.